The molecular weight excluding hydrogens is 350 g/mol. The highest BCUT2D eigenvalue weighted by Crippen LogP contribution is 2.23. The van der Waals surface area contributed by atoms with E-state index in [1.807, 2.05) is 61.5 Å². The predicted molar refractivity (Wildman–Crippen MR) is 110 cm³/mol. The molecular formula is C24H23NO3. The first kappa shape index (κ1) is 19.4. The number of nitrogens with zero attached hydrogens (tertiary/aromatic N) is 1. The molecule has 142 valence electrons. The lowest BCUT2D eigenvalue weighted by molar-refractivity contribution is 0.0780. The fourth-order valence-corrected chi connectivity index (χ4v) is 2.97. The fraction of sp³-hybridized carbons (Fsp3) is 0.167. The molecule has 0 aliphatic carbocycles. The van der Waals surface area contributed by atoms with Gasteiger partial charge in [-0.2, -0.15) is 0 Å². The summed E-state index contributed by atoms with van der Waals surface area (Å²) in [6.45, 7) is 2.85. The lowest BCUT2D eigenvalue weighted by Crippen LogP contribution is -2.27. The van der Waals surface area contributed by atoms with Crippen molar-refractivity contribution in [2.75, 3.05) is 7.05 Å². The SMILES string of the molecule is Cc1ccccc1CN(C)C(=O)c1cc(C=O)ccc1OCc1ccccc1. The minimum absolute atomic E-state index is 0.185. The van der Waals surface area contributed by atoms with Gasteiger partial charge in [0.1, 0.15) is 18.6 Å². The zero-order valence-electron chi connectivity index (χ0n) is 16.1. The van der Waals surface area contributed by atoms with E-state index in [4.69, 9.17) is 4.74 Å². The number of carbonyl (C=O) groups excluding carboxylic acids is 2. The van der Waals surface area contributed by atoms with Crippen molar-refractivity contribution in [1.29, 1.82) is 0 Å². The van der Waals surface area contributed by atoms with Crippen LogP contribution < -0.4 is 4.74 Å². The van der Waals surface area contributed by atoms with Gasteiger partial charge in [-0.05, 0) is 41.8 Å². The van der Waals surface area contributed by atoms with Gasteiger partial charge >= 0.3 is 0 Å². The summed E-state index contributed by atoms with van der Waals surface area (Å²) < 4.78 is 5.90. The van der Waals surface area contributed by atoms with E-state index in [-0.39, 0.29) is 5.91 Å². The highest BCUT2D eigenvalue weighted by atomic mass is 16.5. The van der Waals surface area contributed by atoms with E-state index in [1.165, 1.54) is 0 Å². The Bertz CT molecular complexity index is 967. The lowest BCUT2D eigenvalue weighted by Gasteiger charge is -2.20. The number of benzene rings is 3. The number of ether oxygens (including phenoxy) is 1. The van der Waals surface area contributed by atoms with Crippen LogP contribution in [-0.4, -0.2) is 24.1 Å². The van der Waals surface area contributed by atoms with Gasteiger partial charge in [0.15, 0.2) is 0 Å². The normalized spacial score (nSPS) is 10.4. The number of amides is 1. The molecule has 3 aromatic carbocycles. The Kier molecular flexibility index (Phi) is 6.22. The Morgan fingerprint density at radius 3 is 2.43 bits per heavy atom. The molecule has 0 unspecified atom stereocenters. The molecule has 4 nitrogen and oxygen atoms in total. The first-order chi connectivity index (χ1) is 13.6. The number of hydrogen-bond acceptors (Lipinski definition) is 3. The molecule has 0 aromatic heterocycles. The summed E-state index contributed by atoms with van der Waals surface area (Å²) in [7, 11) is 1.75. The summed E-state index contributed by atoms with van der Waals surface area (Å²) in [6, 6.07) is 22.6. The van der Waals surface area contributed by atoms with Crippen LogP contribution >= 0.6 is 0 Å². The Morgan fingerprint density at radius 1 is 1.00 bits per heavy atom. The van der Waals surface area contributed by atoms with E-state index in [9.17, 15) is 9.59 Å². The maximum Gasteiger partial charge on any atom is 0.257 e. The largest absolute Gasteiger partial charge is 0.488 e. The van der Waals surface area contributed by atoms with Crippen LogP contribution in [0.5, 0.6) is 5.75 Å². The highest BCUT2D eigenvalue weighted by molar-refractivity contribution is 5.98. The second-order valence-electron chi connectivity index (χ2n) is 6.74. The van der Waals surface area contributed by atoms with Gasteiger partial charge in [0.05, 0.1) is 5.56 Å². The van der Waals surface area contributed by atoms with E-state index in [0.29, 0.717) is 30.0 Å². The molecule has 3 aromatic rings. The second-order valence-corrected chi connectivity index (χ2v) is 6.74. The molecule has 3 rings (SSSR count). The molecule has 0 atom stereocenters. The topological polar surface area (TPSA) is 46.6 Å². The average Bonchev–Trinajstić information content (AvgIpc) is 2.74. The smallest absolute Gasteiger partial charge is 0.257 e. The molecule has 0 heterocycles. The van der Waals surface area contributed by atoms with Crippen molar-refractivity contribution in [1.82, 2.24) is 4.90 Å². The first-order valence-corrected chi connectivity index (χ1v) is 9.14. The van der Waals surface area contributed by atoms with Crippen LogP contribution in [0.15, 0.2) is 72.8 Å². The van der Waals surface area contributed by atoms with Gasteiger partial charge in [-0.3, -0.25) is 9.59 Å². The standard InChI is InChI=1S/C24H23NO3/c1-18-8-6-7-11-21(18)15-25(2)24(27)22-14-20(16-26)12-13-23(22)28-17-19-9-4-3-5-10-19/h3-14,16H,15,17H2,1-2H3. The molecule has 28 heavy (non-hydrogen) atoms. The maximum atomic E-state index is 13.1. The molecule has 0 fully saturated rings. The van der Waals surface area contributed by atoms with Crippen LogP contribution in [0.4, 0.5) is 0 Å². The molecule has 0 bridgehead atoms. The van der Waals surface area contributed by atoms with Crippen molar-refractivity contribution in [2.24, 2.45) is 0 Å². The van der Waals surface area contributed by atoms with Crippen molar-refractivity contribution >= 4 is 12.2 Å². The van der Waals surface area contributed by atoms with Gasteiger partial charge in [-0.15, -0.1) is 0 Å². The summed E-state index contributed by atoms with van der Waals surface area (Å²) in [5.74, 6) is 0.283. The van der Waals surface area contributed by atoms with Crippen molar-refractivity contribution in [3.8, 4) is 5.75 Å². The van der Waals surface area contributed by atoms with E-state index in [0.717, 1.165) is 23.0 Å². The number of aldehydes is 1. The Morgan fingerprint density at radius 2 is 1.71 bits per heavy atom. The summed E-state index contributed by atoms with van der Waals surface area (Å²) in [4.78, 5) is 25.9. The van der Waals surface area contributed by atoms with Crippen molar-refractivity contribution in [2.45, 2.75) is 20.1 Å². The van der Waals surface area contributed by atoms with Gasteiger partial charge < -0.3 is 9.64 Å². The molecule has 0 saturated heterocycles. The number of rotatable bonds is 7. The van der Waals surface area contributed by atoms with Crippen LogP contribution in [-0.2, 0) is 13.2 Å². The van der Waals surface area contributed by atoms with Gasteiger partial charge in [-0.25, -0.2) is 0 Å². The highest BCUT2D eigenvalue weighted by Gasteiger charge is 2.18. The van der Waals surface area contributed by atoms with Crippen LogP contribution in [0.2, 0.25) is 0 Å². The van der Waals surface area contributed by atoms with E-state index < -0.39 is 0 Å². The quantitative estimate of drug-likeness (QED) is 0.566. The van der Waals surface area contributed by atoms with Gasteiger partial charge in [0.2, 0.25) is 0 Å². The van der Waals surface area contributed by atoms with Gasteiger partial charge in [-0.1, -0.05) is 54.6 Å². The maximum absolute atomic E-state index is 13.1. The molecule has 1 amide bonds. The molecule has 0 saturated carbocycles. The molecule has 0 aliphatic rings. The first-order valence-electron chi connectivity index (χ1n) is 9.14. The van der Waals surface area contributed by atoms with Crippen molar-refractivity contribution in [3.05, 3.63) is 101 Å². The fourth-order valence-electron chi connectivity index (χ4n) is 2.97. The summed E-state index contributed by atoms with van der Waals surface area (Å²) >= 11 is 0. The van der Waals surface area contributed by atoms with Crippen molar-refractivity contribution in [3.63, 3.8) is 0 Å². The zero-order chi connectivity index (χ0) is 19.9. The third-order valence-electron chi connectivity index (χ3n) is 4.62. The van der Waals surface area contributed by atoms with E-state index >= 15 is 0 Å². The Hall–Kier alpha value is -3.40. The third-order valence-corrected chi connectivity index (χ3v) is 4.62. The average molecular weight is 373 g/mol. The number of aryl methyl sites for hydroxylation is 1. The molecule has 0 N–H and O–H groups in total. The van der Waals surface area contributed by atoms with Gasteiger partial charge in [0, 0.05) is 19.2 Å². The third kappa shape index (κ3) is 4.65. The minimum Gasteiger partial charge on any atom is -0.488 e. The lowest BCUT2D eigenvalue weighted by atomic mass is 10.1. The number of hydrogen-bond donors (Lipinski definition) is 0. The summed E-state index contributed by atoms with van der Waals surface area (Å²) in [5, 5.41) is 0. The van der Waals surface area contributed by atoms with E-state index in [1.54, 1.807) is 30.1 Å². The second kappa shape index (κ2) is 9.00. The predicted octanol–water partition coefficient (Wildman–Crippen LogP) is 4.66. The molecule has 0 spiro atoms. The van der Waals surface area contributed by atoms with Crippen LogP contribution in [0, 0.1) is 6.92 Å². The molecule has 0 radical (unpaired) electrons. The minimum atomic E-state index is -0.185. The zero-order valence-corrected chi connectivity index (χ0v) is 16.1. The van der Waals surface area contributed by atoms with Crippen LogP contribution in [0.1, 0.15) is 37.4 Å². The monoisotopic (exact) mass is 373 g/mol. The molecule has 4 heteroatoms. The van der Waals surface area contributed by atoms with E-state index in [2.05, 4.69) is 0 Å². The summed E-state index contributed by atoms with van der Waals surface area (Å²) in [5.41, 5.74) is 4.05. The Labute approximate surface area is 165 Å². The summed E-state index contributed by atoms with van der Waals surface area (Å²) in [6.07, 6.45) is 0.735. The Balaban J connectivity index is 1.82. The van der Waals surface area contributed by atoms with Gasteiger partial charge in [0.25, 0.3) is 5.91 Å². The van der Waals surface area contributed by atoms with Crippen LogP contribution in [0.3, 0.4) is 0 Å². The molecule has 0 aliphatic heterocycles. The number of carbonyl (C=O) groups is 2. The van der Waals surface area contributed by atoms with Crippen molar-refractivity contribution < 1.29 is 14.3 Å². The van der Waals surface area contributed by atoms with Crippen LogP contribution in [0.25, 0.3) is 0 Å².